The van der Waals surface area contributed by atoms with Gasteiger partial charge in [-0.1, -0.05) is 34.8 Å². The summed E-state index contributed by atoms with van der Waals surface area (Å²) in [6.45, 7) is 0. The molecule has 0 aliphatic rings. The lowest BCUT2D eigenvalue weighted by molar-refractivity contribution is 1.40. The smallest absolute Gasteiger partial charge is 0.0861 e. The van der Waals surface area contributed by atoms with Crippen LogP contribution in [0.15, 0.2) is 22.8 Å². The van der Waals surface area contributed by atoms with Gasteiger partial charge in [-0.3, -0.25) is 4.98 Å². The number of hydrogen-bond acceptors (Lipinski definition) is 1. The van der Waals surface area contributed by atoms with Crippen molar-refractivity contribution in [3.05, 3.63) is 37.9 Å². The van der Waals surface area contributed by atoms with Gasteiger partial charge in [-0.05, 0) is 28.1 Å². The van der Waals surface area contributed by atoms with E-state index in [0.717, 1.165) is 15.4 Å². The quantitative estimate of drug-likeness (QED) is 0.670. The SMILES string of the molecule is Clc1cc(Br)c2ncc(Cl)c(Cl)c2c1. The third kappa shape index (κ3) is 1.72. The Balaban J connectivity index is 2.95. The van der Waals surface area contributed by atoms with Gasteiger partial charge in [-0.2, -0.15) is 0 Å². The van der Waals surface area contributed by atoms with Gasteiger partial charge in [0.15, 0.2) is 0 Å². The molecule has 0 atom stereocenters. The van der Waals surface area contributed by atoms with Gasteiger partial charge in [0.2, 0.25) is 0 Å². The highest BCUT2D eigenvalue weighted by atomic mass is 79.9. The standard InChI is InChI=1S/C9H3BrCl3N/c10-6-2-4(11)1-5-8(13)7(12)3-14-9(5)6/h1-3H. The highest BCUT2D eigenvalue weighted by molar-refractivity contribution is 9.10. The number of nitrogens with zero attached hydrogens (tertiary/aromatic N) is 1. The van der Waals surface area contributed by atoms with E-state index in [2.05, 4.69) is 20.9 Å². The van der Waals surface area contributed by atoms with Gasteiger partial charge in [0.05, 0.1) is 15.6 Å². The second-order valence-electron chi connectivity index (χ2n) is 2.70. The number of aromatic nitrogens is 1. The maximum Gasteiger partial charge on any atom is 0.0861 e. The molecule has 5 heteroatoms. The summed E-state index contributed by atoms with van der Waals surface area (Å²) in [7, 11) is 0. The molecular formula is C9H3BrCl3N. The number of hydrogen-bond donors (Lipinski definition) is 0. The third-order valence-corrected chi connectivity index (χ3v) is 3.39. The monoisotopic (exact) mass is 309 g/mol. The fourth-order valence-corrected chi connectivity index (χ4v) is 2.43. The van der Waals surface area contributed by atoms with Gasteiger partial charge in [-0.25, -0.2) is 0 Å². The first-order valence-electron chi connectivity index (χ1n) is 3.68. The molecule has 1 aromatic heterocycles. The summed E-state index contributed by atoms with van der Waals surface area (Å²) in [4.78, 5) is 4.16. The van der Waals surface area contributed by atoms with Gasteiger partial charge in [-0.15, -0.1) is 0 Å². The minimum absolute atomic E-state index is 0.424. The predicted molar refractivity (Wildman–Crippen MR) is 64.5 cm³/mol. The van der Waals surface area contributed by atoms with Crippen molar-refractivity contribution >= 4 is 61.6 Å². The van der Waals surface area contributed by atoms with E-state index in [-0.39, 0.29) is 0 Å². The van der Waals surface area contributed by atoms with E-state index in [1.165, 1.54) is 6.20 Å². The van der Waals surface area contributed by atoms with E-state index >= 15 is 0 Å². The molecule has 0 amide bonds. The first-order valence-corrected chi connectivity index (χ1v) is 5.61. The Morgan fingerprint density at radius 3 is 2.57 bits per heavy atom. The molecular weight excluding hydrogens is 308 g/mol. The van der Waals surface area contributed by atoms with Crippen molar-refractivity contribution in [3.63, 3.8) is 0 Å². The van der Waals surface area contributed by atoms with E-state index in [1.807, 2.05) is 0 Å². The number of fused-ring (bicyclic) bond motifs is 1. The minimum Gasteiger partial charge on any atom is -0.253 e. The fraction of sp³-hybridized carbons (Fsp3) is 0. The normalized spacial score (nSPS) is 10.9. The van der Waals surface area contributed by atoms with Gasteiger partial charge in [0.25, 0.3) is 0 Å². The van der Waals surface area contributed by atoms with Crippen molar-refractivity contribution in [2.24, 2.45) is 0 Å². The molecule has 0 N–H and O–H groups in total. The van der Waals surface area contributed by atoms with Gasteiger partial charge in [0.1, 0.15) is 0 Å². The molecule has 72 valence electrons. The Morgan fingerprint density at radius 2 is 1.86 bits per heavy atom. The Bertz CT molecular complexity index is 513. The van der Waals surface area contributed by atoms with Crippen LogP contribution in [0.2, 0.25) is 15.1 Å². The van der Waals surface area contributed by atoms with Gasteiger partial charge >= 0.3 is 0 Å². The van der Waals surface area contributed by atoms with Crippen molar-refractivity contribution < 1.29 is 0 Å². The third-order valence-electron chi connectivity index (χ3n) is 1.78. The van der Waals surface area contributed by atoms with Crippen LogP contribution in [0.1, 0.15) is 0 Å². The summed E-state index contributed by atoms with van der Waals surface area (Å²) in [5.74, 6) is 0. The van der Waals surface area contributed by atoms with Crippen molar-refractivity contribution in [2.45, 2.75) is 0 Å². The fourth-order valence-electron chi connectivity index (χ4n) is 1.17. The first kappa shape index (κ1) is 10.5. The Kier molecular flexibility index (Phi) is 2.89. The summed E-state index contributed by atoms with van der Waals surface area (Å²) in [6, 6.07) is 3.50. The molecule has 0 radical (unpaired) electrons. The van der Waals surface area contributed by atoms with E-state index in [9.17, 15) is 0 Å². The van der Waals surface area contributed by atoms with Crippen LogP contribution in [0.5, 0.6) is 0 Å². The molecule has 0 bridgehead atoms. The van der Waals surface area contributed by atoms with Crippen LogP contribution in [0.3, 0.4) is 0 Å². The molecule has 1 heterocycles. The molecule has 2 rings (SSSR count). The van der Waals surface area contributed by atoms with E-state index < -0.39 is 0 Å². The Labute approximate surface area is 104 Å². The minimum atomic E-state index is 0.424. The molecule has 0 saturated carbocycles. The lowest BCUT2D eigenvalue weighted by Gasteiger charge is -2.04. The van der Waals surface area contributed by atoms with Crippen LogP contribution in [-0.2, 0) is 0 Å². The zero-order valence-corrected chi connectivity index (χ0v) is 10.5. The highest BCUT2D eigenvalue weighted by Gasteiger charge is 2.08. The van der Waals surface area contributed by atoms with Crippen LogP contribution in [0, 0.1) is 0 Å². The Hall–Kier alpha value is -0.0200. The topological polar surface area (TPSA) is 12.9 Å². The van der Waals surface area contributed by atoms with E-state index in [0.29, 0.717) is 15.1 Å². The molecule has 1 aromatic carbocycles. The van der Waals surface area contributed by atoms with E-state index in [1.54, 1.807) is 12.1 Å². The summed E-state index contributed by atoms with van der Waals surface area (Å²) in [5, 5.41) is 2.24. The number of benzene rings is 1. The van der Waals surface area contributed by atoms with Crippen LogP contribution < -0.4 is 0 Å². The van der Waals surface area contributed by atoms with Crippen molar-refractivity contribution in [3.8, 4) is 0 Å². The summed E-state index contributed by atoms with van der Waals surface area (Å²) in [6.07, 6.45) is 1.52. The average Bonchev–Trinajstić information content (AvgIpc) is 2.12. The maximum atomic E-state index is 6.02. The molecule has 1 nitrogen and oxygen atoms in total. The second-order valence-corrected chi connectivity index (χ2v) is 4.78. The van der Waals surface area contributed by atoms with Crippen LogP contribution >= 0.6 is 50.7 Å². The zero-order chi connectivity index (χ0) is 10.3. The molecule has 14 heavy (non-hydrogen) atoms. The first-order chi connectivity index (χ1) is 6.59. The Morgan fingerprint density at radius 1 is 1.14 bits per heavy atom. The molecule has 0 aliphatic heterocycles. The zero-order valence-electron chi connectivity index (χ0n) is 6.69. The largest absolute Gasteiger partial charge is 0.253 e. The number of rotatable bonds is 0. The van der Waals surface area contributed by atoms with Crippen LogP contribution in [0.4, 0.5) is 0 Å². The lowest BCUT2D eigenvalue weighted by Crippen LogP contribution is -1.83. The van der Waals surface area contributed by atoms with Gasteiger partial charge < -0.3 is 0 Å². The maximum absolute atomic E-state index is 6.02. The molecule has 0 unspecified atom stereocenters. The molecule has 0 spiro atoms. The molecule has 0 fully saturated rings. The highest BCUT2D eigenvalue weighted by Crippen LogP contribution is 2.34. The summed E-state index contributed by atoms with van der Waals surface area (Å²) in [5.41, 5.74) is 0.754. The average molecular weight is 311 g/mol. The van der Waals surface area contributed by atoms with Crippen LogP contribution in [0.25, 0.3) is 10.9 Å². The van der Waals surface area contributed by atoms with Gasteiger partial charge in [0, 0.05) is 21.1 Å². The number of pyridine rings is 1. The molecule has 0 saturated heterocycles. The molecule has 0 aliphatic carbocycles. The van der Waals surface area contributed by atoms with Crippen molar-refractivity contribution in [1.82, 2.24) is 4.98 Å². The molecule has 2 aromatic rings. The lowest BCUT2D eigenvalue weighted by atomic mass is 10.2. The summed E-state index contributed by atoms with van der Waals surface area (Å²) < 4.78 is 0.804. The van der Waals surface area contributed by atoms with Crippen molar-refractivity contribution in [1.29, 1.82) is 0 Å². The van der Waals surface area contributed by atoms with Crippen LogP contribution in [-0.4, -0.2) is 4.98 Å². The number of halogens is 4. The predicted octanol–water partition coefficient (Wildman–Crippen LogP) is 4.96. The van der Waals surface area contributed by atoms with E-state index in [4.69, 9.17) is 34.8 Å². The second kappa shape index (κ2) is 3.86. The van der Waals surface area contributed by atoms with Crippen molar-refractivity contribution in [2.75, 3.05) is 0 Å². The summed E-state index contributed by atoms with van der Waals surface area (Å²) >= 11 is 21.1.